The zero-order valence-corrected chi connectivity index (χ0v) is 14.9. The van der Waals surface area contributed by atoms with Crippen molar-refractivity contribution in [3.8, 4) is 11.8 Å². The molecule has 0 fully saturated rings. The maximum absolute atomic E-state index is 13.1. The Morgan fingerprint density at radius 1 is 1.12 bits per heavy atom. The Kier molecular flexibility index (Phi) is 5.19. The van der Waals surface area contributed by atoms with Crippen LogP contribution in [0.25, 0.3) is 5.69 Å². The third-order valence-electron chi connectivity index (χ3n) is 2.95. The van der Waals surface area contributed by atoms with Gasteiger partial charge < -0.3 is 0 Å². The second kappa shape index (κ2) is 6.53. The van der Waals surface area contributed by atoms with Gasteiger partial charge in [0.15, 0.2) is 5.69 Å². The highest BCUT2D eigenvalue weighted by Crippen LogP contribution is 2.39. The fourth-order valence-corrected chi connectivity index (χ4v) is 3.56. The molecule has 0 amide bonds. The van der Waals surface area contributed by atoms with Crippen LogP contribution in [0.15, 0.2) is 23.2 Å². The summed E-state index contributed by atoms with van der Waals surface area (Å²) in [7, 11) is -5.50. The Labute approximate surface area is 157 Å². The number of hydrogen-bond donors (Lipinski definition) is 0. The molecule has 2 rings (SSSR count). The van der Waals surface area contributed by atoms with Crippen LogP contribution in [0.3, 0.4) is 0 Å². The van der Waals surface area contributed by atoms with Crippen LogP contribution in [-0.4, -0.2) is 22.9 Å². The third kappa shape index (κ3) is 3.59. The van der Waals surface area contributed by atoms with E-state index in [-0.39, 0.29) is 0 Å². The van der Waals surface area contributed by atoms with E-state index in [1.165, 1.54) is 6.07 Å². The zero-order valence-electron chi connectivity index (χ0n) is 11.8. The lowest BCUT2D eigenvalue weighted by molar-refractivity contribution is -0.137. The number of benzene rings is 1. The molecule has 0 aliphatic rings. The fourth-order valence-electron chi connectivity index (χ4n) is 1.82. The molecule has 26 heavy (non-hydrogen) atoms. The summed E-state index contributed by atoms with van der Waals surface area (Å²) in [5.74, 6) is 0. The predicted molar refractivity (Wildman–Crippen MR) is 81.3 cm³/mol. The van der Waals surface area contributed by atoms with Gasteiger partial charge >= 0.3 is 10.9 Å². The van der Waals surface area contributed by atoms with Crippen LogP contribution >= 0.6 is 34.8 Å². The van der Waals surface area contributed by atoms with Gasteiger partial charge in [-0.25, -0.2) is 13.1 Å². The van der Waals surface area contributed by atoms with Crippen molar-refractivity contribution in [2.75, 3.05) is 0 Å². The topological polar surface area (TPSA) is 75.8 Å². The zero-order chi connectivity index (χ0) is 20.1. The number of nitriles is 1. The van der Waals surface area contributed by atoms with Crippen LogP contribution in [0, 0.1) is 11.3 Å². The van der Waals surface area contributed by atoms with Crippen LogP contribution in [-0.2, 0) is 16.0 Å². The first-order valence-electron chi connectivity index (χ1n) is 6.08. The molecular formula is C12H3Cl3F5N3O2S. The Morgan fingerprint density at radius 2 is 1.62 bits per heavy atom. The van der Waals surface area contributed by atoms with Gasteiger partial charge in [-0.05, 0) is 23.7 Å². The molecule has 0 aliphatic carbocycles. The van der Waals surface area contributed by atoms with Crippen molar-refractivity contribution in [2.24, 2.45) is 0 Å². The molecule has 0 saturated carbocycles. The van der Waals surface area contributed by atoms with E-state index in [0.717, 1.165) is 0 Å². The molecule has 140 valence electrons. The summed E-state index contributed by atoms with van der Waals surface area (Å²) in [6, 6.07) is 2.22. The van der Waals surface area contributed by atoms with E-state index in [4.69, 9.17) is 28.5 Å². The van der Waals surface area contributed by atoms with Crippen LogP contribution in [0.4, 0.5) is 22.0 Å². The van der Waals surface area contributed by atoms with E-state index in [2.05, 4.69) is 16.7 Å². The minimum Gasteiger partial charge on any atom is -0.235 e. The molecule has 0 aliphatic heterocycles. The van der Waals surface area contributed by atoms with E-state index in [1.807, 2.05) is 0 Å². The van der Waals surface area contributed by atoms with Crippen LogP contribution in [0.2, 0.25) is 10.0 Å². The normalized spacial score (nSPS) is 12.9. The number of halogens is 8. The van der Waals surface area contributed by atoms with Crippen molar-refractivity contribution in [3.05, 3.63) is 39.6 Å². The quantitative estimate of drug-likeness (QED) is 0.500. The highest BCUT2D eigenvalue weighted by atomic mass is 35.5. The van der Waals surface area contributed by atoms with E-state index in [0.29, 0.717) is 23.0 Å². The fraction of sp³-hybridized carbons (Fsp3) is 0.167. The molecule has 2 aromatic rings. The van der Waals surface area contributed by atoms with Crippen molar-refractivity contribution >= 4 is 44.6 Å². The van der Waals surface area contributed by atoms with Gasteiger partial charge in [0.05, 0.1) is 21.8 Å². The second-order valence-electron chi connectivity index (χ2n) is 4.63. The minimum atomic E-state index is -5.50. The summed E-state index contributed by atoms with van der Waals surface area (Å²) in [5.41, 5.74) is -2.63. The summed E-state index contributed by atoms with van der Waals surface area (Å²) in [5, 5.41) is 11.1. The Balaban J connectivity index is 2.72. The first kappa shape index (κ1) is 20.7. The lowest BCUT2D eigenvalue weighted by Gasteiger charge is -2.12. The monoisotopic (exact) mass is 453 g/mol. The van der Waals surface area contributed by atoms with Crippen LogP contribution in [0.5, 0.6) is 0 Å². The molecule has 0 radical (unpaired) electrons. The molecule has 0 spiro atoms. The van der Waals surface area contributed by atoms with E-state index < -0.39 is 52.6 Å². The summed E-state index contributed by atoms with van der Waals surface area (Å²) < 4.78 is 83.6. The highest BCUT2D eigenvalue weighted by molar-refractivity contribution is 7.93. The molecule has 0 N–H and O–H groups in total. The number of aromatic nitrogens is 2. The molecule has 0 saturated heterocycles. The smallest absolute Gasteiger partial charge is 0.235 e. The molecule has 14 heteroatoms. The molecule has 1 aromatic heterocycles. The Morgan fingerprint density at radius 3 is 2.00 bits per heavy atom. The summed E-state index contributed by atoms with van der Waals surface area (Å²) >= 11 is 16.0. The average Bonchev–Trinajstić information content (AvgIpc) is 2.88. The van der Waals surface area contributed by atoms with Gasteiger partial charge in [-0.15, -0.1) is 0 Å². The molecule has 0 unspecified atom stereocenters. The molecule has 0 atom stereocenters. The van der Waals surface area contributed by atoms with Crippen molar-refractivity contribution < 1.29 is 30.4 Å². The number of sulfone groups is 1. The molecule has 5 nitrogen and oxygen atoms in total. The molecule has 1 aromatic carbocycles. The maximum atomic E-state index is 13.1. The van der Waals surface area contributed by atoms with Crippen molar-refractivity contribution in [1.82, 2.24) is 9.78 Å². The van der Waals surface area contributed by atoms with E-state index >= 15 is 0 Å². The van der Waals surface area contributed by atoms with Crippen molar-refractivity contribution in [2.45, 2.75) is 15.8 Å². The van der Waals surface area contributed by atoms with Gasteiger partial charge in [-0.2, -0.15) is 32.3 Å². The van der Waals surface area contributed by atoms with Crippen LogP contribution < -0.4 is 0 Å². The molecular weight excluding hydrogens is 452 g/mol. The third-order valence-corrected chi connectivity index (χ3v) is 5.63. The number of alkyl halides is 6. The summed E-state index contributed by atoms with van der Waals surface area (Å²) in [4.78, 5) is -1.24. The standard InChI is InChI=1S/C12H3Cl3F5N3O2S/c13-6-1-5(11(16,17)18)2-7(14)10(6)23-4-9(8(3-21)22-23)26(24,25)12(15,19)20/h1-2,4H. The van der Waals surface area contributed by atoms with Gasteiger partial charge in [-0.3, -0.25) is 0 Å². The van der Waals surface area contributed by atoms with E-state index in [1.54, 1.807) is 0 Å². The number of hydrogen-bond acceptors (Lipinski definition) is 4. The van der Waals surface area contributed by atoms with Gasteiger partial charge in [-0.1, -0.05) is 23.2 Å². The summed E-state index contributed by atoms with van der Waals surface area (Å²) in [6.45, 7) is 0. The van der Waals surface area contributed by atoms with Gasteiger partial charge in [0, 0.05) is 0 Å². The van der Waals surface area contributed by atoms with Gasteiger partial charge in [0.1, 0.15) is 16.7 Å². The van der Waals surface area contributed by atoms with E-state index in [9.17, 15) is 30.4 Å². The first-order chi connectivity index (χ1) is 11.7. The van der Waals surface area contributed by atoms with Gasteiger partial charge in [0.25, 0.3) is 9.84 Å². The second-order valence-corrected chi connectivity index (χ2v) is 8.11. The Bertz CT molecular complexity index is 999. The van der Waals surface area contributed by atoms with Crippen molar-refractivity contribution in [1.29, 1.82) is 5.26 Å². The maximum Gasteiger partial charge on any atom is 0.427 e. The average molecular weight is 455 g/mol. The molecule has 1 heterocycles. The number of rotatable bonds is 3. The molecule has 0 bridgehead atoms. The largest absolute Gasteiger partial charge is 0.427 e. The lowest BCUT2D eigenvalue weighted by atomic mass is 10.2. The minimum absolute atomic E-state index is 0.447. The SMILES string of the molecule is N#Cc1nn(-c2c(Cl)cc(C(F)(F)F)cc2Cl)cc1S(=O)(=O)C(F)(F)Cl. The van der Waals surface area contributed by atoms with Crippen molar-refractivity contribution in [3.63, 3.8) is 0 Å². The highest BCUT2D eigenvalue weighted by Gasteiger charge is 2.46. The lowest BCUT2D eigenvalue weighted by Crippen LogP contribution is -2.22. The summed E-state index contributed by atoms with van der Waals surface area (Å²) in [6.07, 6.45) is -4.33. The Hall–Kier alpha value is -1.61. The van der Waals surface area contributed by atoms with Gasteiger partial charge in [0.2, 0.25) is 0 Å². The first-order valence-corrected chi connectivity index (χ1v) is 8.69. The number of nitrogens with zero attached hydrogens (tertiary/aromatic N) is 3. The van der Waals surface area contributed by atoms with Crippen LogP contribution in [0.1, 0.15) is 11.3 Å². The predicted octanol–water partition coefficient (Wildman–Crippen LogP) is 4.63.